The molecule has 7 heteroatoms. The number of halogens is 1. The zero-order chi connectivity index (χ0) is 16.2. The summed E-state index contributed by atoms with van der Waals surface area (Å²) in [6.45, 7) is 0.510. The Morgan fingerprint density at radius 1 is 1.22 bits per heavy atom. The first-order valence-corrected chi connectivity index (χ1v) is 9.21. The van der Waals surface area contributed by atoms with Gasteiger partial charge in [-0.25, -0.2) is 0 Å². The molecule has 1 saturated heterocycles. The van der Waals surface area contributed by atoms with Crippen LogP contribution in [0.4, 0.5) is 0 Å². The molecule has 0 bridgehead atoms. The third-order valence-electron chi connectivity index (χ3n) is 5.33. The quantitative estimate of drug-likeness (QED) is 0.662. The molecule has 1 aliphatic heterocycles. The van der Waals surface area contributed by atoms with Gasteiger partial charge in [0, 0.05) is 5.38 Å². The normalized spacial score (nSPS) is 41.8. The Balaban J connectivity index is 1.39. The molecule has 4 unspecified atom stereocenters. The van der Waals surface area contributed by atoms with Crippen LogP contribution < -0.4 is 10.8 Å². The number of ether oxygens (including phenoxy) is 1. The fourth-order valence-electron chi connectivity index (χ4n) is 3.91. The van der Waals surface area contributed by atoms with Gasteiger partial charge in [0.15, 0.2) is 6.23 Å². The molecule has 4 atom stereocenters. The van der Waals surface area contributed by atoms with Gasteiger partial charge in [-0.2, -0.15) is 5.48 Å². The number of carboxylic acid groups (broad SMARTS) is 1. The molecule has 2 aliphatic carbocycles. The van der Waals surface area contributed by atoms with E-state index in [1.54, 1.807) is 0 Å². The van der Waals surface area contributed by atoms with Gasteiger partial charge in [-0.05, 0) is 50.9 Å². The highest BCUT2D eigenvalue weighted by atomic mass is 35.5. The van der Waals surface area contributed by atoms with Crippen molar-refractivity contribution in [3.05, 3.63) is 0 Å². The van der Waals surface area contributed by atoms with Crippen LogP contribution >= 0.6 is 11.6 Å². The minimum Gasteiger partial charge on any atom is -0.481 e. The van der Waals surface area contributed by atoms with Crippen molar-refractivity contribution in [2.75, 3.05) is 6.61 Å². The topological polar surface area (TPSA) is 79.8 Å². The van der Waals surface area contributed by atoms with E-state index in [0.29, 0.717) is 24.3 Å². The molecular formula is C16H27ClN2O4. The number of carboxylic acids is 1. The average molecular weight is 347 g/mol. The summed E-state index contributed by atoms with van der Waals surface area (Å²) >= 11 is 6.10. The largest absolute Gasteiger partial charge is 0.481 e. The lowest BCUT2D eigenvalue weighted by Gasteiger charge is -2.30. The standard InChI is InChI=1S/C16H27ClN2O4/c17-12-4-6-13(7-5-12)22-9-14-18-15(19-23-14)10-2-1-3-11(8-10)16(20)21/h10-15,18-19H,1-9H2,(H,20,21). The molecule has 3 N–H and O–H groups in total. The average Bonchev–Trinajstić information content (AvgIpc) is 3.03. The van der Waals surface area contributed by atoms with Crippen LogP contribution in [0, 0.1) is 11.8 Å². The van der Waals surface area contributed by atoms with Gasteiger partial charge >= 0.3 is 5.97 Å². The minimum absolute atomic E-state index is 0.0179. The molecule has 132 valence electrons. The van der Waals surface area contributed by atoms with E-state index in [9.17, 15) is 9.90 Å². The first kappa shape index (κ1) is 17.4. The Bertz CT molecular complexity index is 404. The summed E-state index contributed by atoms with van der Waals surface area (Å²) in [5, 5.41) is 12.9. The SMILES string of the molecule is O=C(O)C1CCCC(C2NOC(COC3CCC(Cl)CC3)N2)C1. The smallest absolute Gasteiger partial charge is 0.306 e. The molecule has 0 spiro atoms. The maximum atomic E-state index is 11.2. The number of hydroxylamine groups is 1. The summed E-state index contributed by atoms with van der Waals surface area (Å²) in [5.74, 6) is -0.608. The number of nitrogens with one attached hydrogen (secondary N) is 2. The highest BCUT2D eigenvalue weighted by Crippen LogP contribution is 2.32. The van der Waals surface area contributed by atoms with Crippen LogP contribution in [0.2, 0.25) is 0 Å². The molecule has 3 rings (SSSR count). The van der Waals surface area contributed by atoms with Crippen LogP contribution in [0.5, 0.6) is 0 Å². The molecule has 0 aromatic rings. The van der Waals surface area contributed by atoms with Crippen molar-refractivity contribution in [3.63, 3.8) is 0 Å². The Hall–Kier alpha value is -0.400. The molecule has 3 fully saturated rings. The molecule has 23 heavy (non-hydrogen) atoms. The van der Waals surface area contributed by atoms with E-state index in [-0.39, 0.29) is 24.4 Å². The molecule has 2 saturated carbocycles. The number of alkyl halides is 1. The van der Waals surface area contributed by atoms with Gasteiger partial charge in [-0.3, -0.25) is 14.9 Å². The van der Waals surface area contributed by atoms with Crippen molar-refractivity contribution in [2.45, 2.75) is 75.2 Å². The zero-order valence-corrected chi connectivity index (χ0v) is 14.1. The lowest BCUT2D eigenvalue weighted by molar-refractivity contribution is -0.143. The van der Waals surface area contributed by atoms with Crippen molar-refractivity contribution >= 4 is 17.6 Å². The predicted octanol–water partition coefficient (Wildman–Crippen LogP) is 2.22. The molecule has 0 amide bonds. The highest BCUT2D eigenvalue weighted by Gasteiger charge is 2.36. The summed E-state index contributed by atoms with van der Waals surface area (Å²) in [7, 11) is 0. The Morgan fingerprint density at radius 3 is 2.74 bits per heavy atom. The van der Waals surface area contributed by atoms with Crippen molar-refractivity contribution < 1.29 is 19.5 Å². The number of carbonyl (C=O) groups is 1. The second-order valence-corrected chi connectivity index (χ2v) is 7.66. The fourth-order valence-corrected chi connectivity index (χ4v) is 4.16. The van der Waals surface area contributed by atoms with Crippen LogP contribution in [0.15, 0.2) is 0 Å². The monoisotopic (exact) mass is 346 g/mol. The van der Waals surface area contributed by atoms with E-state index in [1.807, 2.05) is 0 Å². The maximum Gasteiger partial charge on any atom is 0.306 e. The third kappa shape index (κ3) is 4.79. The highest BCUT2D eigenvalue weighted by molar-refractivity contribution is 6.20. The van der Waals surface area contributed by atoms with E-state index in [0.717, 1.165) is 44.9 Å². The Labute approximate surface area is 142 Å². The second kappa shape index (κ2) is 8.12. The first-order valence-electron chi connectivity index (χ1n) is 8.77. The van der Waals surface area contributed by atoms with Crippen molar-refractivity contribution in [1.29, 1.82) is 0 Å². The minimum atomic E-state index is -0.677. The number of hydrogen-bond donors (Lipinski definition) is 3. The van der Waals surface area contributed by atoms with E-state index in [1.165, 1.54) is 0 Å². The van der Waals surface area contributed by atoms with Crippen LogP contribution in [-0.2, 0) is 14.4 Å². The lowest BCUT2D eigenvalue weighted by atomic mass is 9.80. The third-order valence-corrected chi connectivity index (χ3v) is 5.76. The van der Waals surface area contributed by atoms with Crippen molar-refractivity contribution in [3.8, 4) is 0 Å². The van der Waals surface area contributed by atoms with Gasteiger partial charge in [0.05, 0.1) is 24.8 Å². The maximum absolute atomic E-state index is 11.2. The van der Waals surface area contributed by atoms with Crippen LogP contribution in [0.3, 0.4) is 0 Å². The predicted molar refractivity (Wildman–Crippen MR) is 85.9 cm³/mol. The molecule has 0 aromatic heterocycles. The molecule has 0 aromatic carbocycles. The molecule has 6 nitrogen and oxygen atoms in total. The van der Waals surface area contributed by atoms with E-state index in [4.69, 9.17) is 21.2 Å². The van der Waals surface area contributed by atoms with Gasteiger partial charge in [-0.15, -0.1) is 11.6 Å². The summed E-state index contributed by atoms with van der Waals surface area (Å²) < 4.78 is 5.93. The summed E-state index contributed by atoms with van der Waals surface area (Å²) in [4.78, 5) is 16.7. The van der Waals surface area contributed by atoms with Gasteiger partial charge in [0.2, 0.25) is 0 Å². The number of aliphatic carboxylic acids is 1. The van der Waals surface area contributed by atoms with Gasteiger partial charge < -0.3 is 9.84 Å². The molecule has 3 aliphatic rings. The summed E-state index contributed by atoms with van der Waals surface area (Å²) in [6.07, 6.45) is 7.68. The summed E-state index contributed by atoms with van der Waals surface area (Å²) in [6, 6.07) is 0. The van der Waals surface area contributed by atoms with E-state index >= 15 is 0 Å². The van der Waals surface area contributed by atoms with E-state index < -0.39 is 5.97 Å². The summed E-state index contributed by atoms with van der Waals surface area (Å²) in [5.41, 5.74) is 3.03. The number of hydrogen-bond acceptors (Lipinski definition) is 5. The Morgan fingerprint density at radius 2 is 2.00 bits per heavy atom. The lowest BCUT2D eigenvalue weighted by Crippen LogP contribution is -2.44. The van der Waals surface area contributed by atoms with Crippen LogP contribution in [-0.4, -0.2) is 41.6 Å². The van der Waals surface area contributed by atoms with E-state index in [2.05, 4.69) is 10.8 Å². The van der Waals surface area contributed by atoms with Crippen molar-refractivity contribution in [1.82, 2.24) is 10.8 Å². The Kier molecular flexibility index (Phi) is 6.15. The molecule has 1 heterocycles. The fraction of sp³-hybridized carbons (Fsp3) is 0.938. The molecule has 0 radical (unpaired) electrons. The van der Waals surface area contributed by atoms with Crippen LogP contribution in [0.25, 0.3) is 0 Å². The van der Waals surface area contributed by atoms with Crippen LogP contribution in [0.1, 0.15) is 51.4 Å². The molecular weight excluding hydrogens is 320 g/mol. The van der Waals surface area contributed by atoms with Gasteiger partial charge in [-0.1, -0.05) is 6.42 Å². The second-order valence-electron chi connectivity index (χ2n) is 7.04. The van der Waals surface area contributed by atoms with Crippen molar-refractivity contribution in [2.24, 2.45) is 11.8 Å². The zero-order valence-electron chi connectivity index (χ0n) is 13.4. The van der Waals surface area contributed by atoms with Gasteiger partial charge in [0.1, 0.15) is 0 Å². The first-order chi connectivity index (χ1) is 11.1. The van der Waals surface area contributed by atoms with Gasteiger partial charge in [0.25, 0.3) is 0 Å². The number of rotatable bonds is 5.